The van der Waals surface area contributed by atoms with Gasteiger partial charge in [0, 0.05) is 29.9 Å². The van der Waals surface area contributed by atoms with Crippen molar-refractivity contribution >= 4 is 17.6 Å². The maximum atomic E-state index is 13.7. The molecule has 0 fully saturated rings. The molecule has 0 unspecified atom stereocenters. The van der Waals surface area contributed by atoms with Gasteiger partial charge in [-0.2, -0.15) is 0 Å². The Morgan fingerprint density at radius 3 is 2.60 bits per heavy atom. The molecule has 150 valence electrons. The molecule has 0 atom stereocenters. The summed E-state index contributed by atoms with van der Waals surface area (Å²) in [6, 6.07) is 18.6. The third kappa shape index (κ3) is 4.15. The molecule has 5 heteroatoms. The van der Waals surface area contributed by atoms with Gasteiger partial charge >= 0.3 is 0 Å². The monoisotopic (exact) mass is 399 g/mol. The first kappa shape index (κ1) is 19.6. The number of nitrogens with one attached hydrogen (secondary N) is 1. The van der Waals surface area contributed by atoms with Gasteiger partial charge < -0.3 is 5.32 Å². The fourth-order valence-electron chi connectivity index (χ4n) is 3.29. The van der Waals surface area contributed by atoms with Crippen LogP contribution in [0.1, 0.15) is 22.4 Å². The topological polar surface area (TPSA) is 46.4 Å². The molecule has 4 aromatic rings. The summed E-state index contributed by atoms with van der Waals surface area (Å²) in [7, 11) is 0. The molecular formula is C25H22FN3O. The normalized spacial score (nSPS) is 11.3. The largest absolute Gasteiger partial charge is 0.348 e. The molecule has 2 aromatic carbocycles. The Morgan fingerprint density at radius 2 is 1.83 bits per heavy atom. The van der Waals surface area contributed by atoms with Crippen molar-refractivity contribution < 1.29 is 9.18 Å². The van der Waals surface area contributed by atoms with E-state index in [1.54, 1.807) is 24.3 Å². The van der Waals surface area contributed by atoms with E-state index in [-0.39, 0.29) is 18.3 Å². The van der Waals surface area contributed by atoms with E-state index in [0.717, 1.165) is 28.2 Å². The van der Waals surface area contributed by atoms with E-state index in [0.29, 0.717) is 5.56 Å². The molecule has 0 saturated heterocycles. The second kappa shape index (κ2) is 8.33. The third-order valence-corrected chi connectivity index (χ3v) is 4.95. The number of fused-ring (bicyclic) bond motifs is 1. The summed E-state index contributed by atoms with van der Waals surface area (Å²) in [5.41, 5.74) is 6.15. The molecule has 0 aliphatic carbocycles. The first-order valence-corrected chi connectivity index (χ1v) is 9.76. The van der Waals surface area contributed by atoms with Crippen molar-refractivity contribution in [3.63, 3.8) is 0 Å². The highest BCUT2D eigenvalue weighted by molar-refractivity contribution is 5.92. The van der Waals surface area contributed by atoms with Gasteiger partial charge in [-0.05, 0) is 43.7 Å². The Labute approximate surface area is 174 Å². The number of halogens is 1. The van der Waals surface area contributed by atoms with E-state index >= 15 is 0 Å². The number of imidazole rings is 1. The summed E-state index contributed by atoms with van der Waals surface area (Å²) in [5.74, 6) is -0.629. The van der Waals surface area contributed by atoms with Crippen LogP contribution in [0.2, 0.25) is 0 Å². The fourth-order valence-corrected chi connectivity index (χ4v) is 3.29. The van der Waals surface area contributed by atoms with Gasteiger partial charge in [0.2, 0.25) is 5.91 Å². The summed E-state index contributed by atoms with van der Waals surface area (Å²) in [6.07, 6.45) is 5.16. The first-order chi connectivity index (χ1) is 14.5. The number of hydrogen-bond donors (Lipinski definition) is 1. The van der Waals surface area contributed by atoms with Crippen molar-refractivity contribution in [1.82, 2.24) is 14.7 Å². The minimum absolute atomic E-state index is 0.132. The average Bonchev–Trinajstić information content (AvgIpc) is 3.09. The molecule has 2 heterocycles. The zero-order valence-electron chi connectivity index (χ0n) is 16.9. The molecule has 0 bridgehead atoms. The van der Waals surface area contributed by atoms with Crippen LogP contribution in [-0.2, 0) is 11.3 Å². The van der Waals surface area contributed by atoms with Crippen molar-refractivity contribution in [2.45, 2.75) is 20.4 Å². The number of carbonyl (C=O) groups is 1. The van der Waals surface area contributed by atoms with Gasteiger partial charge in [-0.3, -0.25) is 9.20 Å². The predicted octanol–water partition coefficient (Wildman–Crippen LogP) is 5.09. The summed E-state index contributed by atoms with van der Waals surface area (Å²) in [5, 5.41) is 2.73. The lowest BCUT2D eigenvalue weighted by Crippen LogP contribution is -2.20. The maximum absolute atomic E-state index is 13.7. The van der Waals surface area contributed by atoms with Gasteiger partial charge in [-0.25, -0.2) is 9.37 Å². The third-order valence-electron chi connectivity index (χ3n) is 4.95. The van der Waals surface area contributed by atoms with Crippen molar-refractivity contribution in [3.05, 3.63) is 101 Å². The number of aromatic nitrogens is 2. The van der Waals surface area contributed by atoms with Crippen LogP contribution in [0, 0.1) is 19.7 Å². The van der Waals surface area contributed by atoms with Gasteiger partial charge in [-0.15, -0.1) is 0 Å². The molecule has 4 nitrogen and oxygen atoms in total. The van der Waals surface area contributed by atoms with Crippen molar-refractivity contribution in [3.8, 4) is 11.3 Å². The molecular weight excluding hydrogens is 377 g/mol. The summed E-state index contributed by atoms with van der Waals surface area (Å²) < 4.78 is 15.7. The minimum Gasteiger partial charge on any atom is -0.348 e. The lowest BCUT2D eigenvalue weighted by Gasteiger charge is -2.04. The van der Waals surface area contributed by atoms with Crippen LogP contribution < -0.4 is 5.32 Å². The van der Waals surface area contributed by atoms with Crippen molar-refractivity contribution in [2.75, 3.05) is 0 Å². The van der Waals surface area contributed by atoms with E-state index in [4.69, 9.17) is 4.98 Å². The lowest BCUT2D eigenvalue weighted by atomic mass is 10.1. The molecule has 4 rings (SSSR count). The Morgan fingerprint density at radius 1 is 1.07 bits per heavy atom. The summed E-state index contributed by atoms with van der Waals surface area (Å²) in [6.45, 7) is 4.19. The summed E-state index contributed by atoms with van der Waals surface area (Å²) >= 11 is 0. The molecule has 0 aliphatic heterocycles. The number of benzene rings is 2. The molecule has 0 spiro atoms. The number of pyridine rings is 1. The van der Waals surface area contributed by atoms with Crippen molar-refractivity contribution in [1.29, 1.82) is 0 Å². The predicted molar refractivity (Wildman–Crippen MR) is 117 cm³/mol. The number of rotatable bonds is 5. The van der Waals surface area contributed by atoms with Crippen LogP contribution in [0.5, 0.6) is 0 Å². The molecule has 0 saturated carbocycles. The fraction of sp³-hybridized carbons (Fsp3) is 0.120. The van der Waals surface area contributed by atoms with Crippen LogP contribution in [0.25, 0.3) is 23.0 Å². The highest BCUT2D eigenvalue weighted by atomic mass is 19.1. The standard InChI is InChI=1S/C25H22FN3O/c1-17-7-9-19(10-8-17)25-22(29-14-13-18(2)15-23(29)28-25)11-12-24(30)27-16-20-5-3-4-6-21(20)26/h3-15H,16H2,1-2H3,(H,27,30)/b12-11+. The molecule has 30 heavy (non-hydrogen) atoms. The van der Waals surface area contributed by atoms with Gasteiger partial charge in [0.15, 0.2) is 0 Å². The Hall–Kier alpha value is -3.73. The maximum Gasteiger partial charge on any atom is 0.244 e. The quantitative estimate of drug-likeness (QED) is 0.475. The van der Waals surface area contributed by atoms with E-state index in [9.17, 15) is 9.18 Å². The highest BCUT2D eigenvalue weighted by Gasteiger charge is 2.12. The molecule has 0 radical (unpaired) electrons. The number of nitrogens with zero attached hydrogens (tertiary/aromatic N) is 2. The molecule has 1 amide bonds. The van der Waals surface area contributed by atoms with Crippen LogP contribution in [-0.4, -0.2) is 15.3 Å². The number of hydrogen-bond acceptors (Lipinski definition) is 2. The number of aryl methyl sites for hydroxylation is 2. The second-order valence-electron chi connectivity index (χ2n) is 7.29. The smallest absolute Gasteiger partial charge is 0.244 e. The number of amides is 1. The minimum atomic E-state index is -0.333. The second-order valence-corrected chi connectivity index (χ2v) is 7.29. The number of carbonyl (C=O) groups excluding carboxylic acids is 1. The zero-order valence-corrected chi connectivity index (χ0v) is 16.9. The van der Waals surface area contributed by atoms with Gasteiger partial charge in [-0.1, -0.05) is 48.0 Å². The van der Waals surface area contributed by atoms with E-state index in [1.807, 2.05) is 60.8 Å². The average molecular weight is 399 g/mol. The van der Waals surface area contributed by atoms with E-state index in [2.05, 4.69) is 5.32 Å². The van der Waals surface area contributed by atoms with Gasteiger partial charge in [0.25, 0.3) is 0 Å². The lowest BCUT2D eigenvalue weighted by molar-refractivity contribution is -0.116. The zero-order chi connectivity index (χ0) is 21.1. The summed E-state index contributed by atoms with van der Waals surface area (Å²) in [4.78, 5) is 17.1. The highest BCUT2D eigenvalue weighted by Crippen LogP contribution is 2.26. The van der Waals surface area contributed by atoms with Crippen LogP contribution in [0.4, 0.5) is 4.39 Å². The SMILES string of the molecule is Cc1ccc(-c2nc3cc(C)ccn3c2/C=C/C(=O)NCc2ccccc2F)cc1. The van der Waals surface area contributed by atoms with Gasteiger partial charge in [0.05, 0.1) is 11.4 Å². The van der Waals surface area contributed by atoms with E-state index < -0.39 is 0 Å². The Balaban J connectivity index is 1.63. The molecule has 1 N–H and O–H groups in total. The van der Waals surface area contributed by atoms with Crippen LogP contribution in [0.3, 0.4) is 0 Å². The molecule has 0 aliphatic rings. The van der Waals surface area contributed by atoms with Gasteiger partial charge in [0.1, 0.15) is 11.5 Å². The van der Waals surface area contributed by atoms with Crippen LogP contribution in [0.15, 0.2) is 72.9 Å². The van der Waals surface area contributed by atoms with Crippen molar-refractivity contribution in [2.24, 2.45) is 0 Å². The first-order valence-electron chi connectivity index (χ1n) is 9.76. The molecule has 2 aromatic heterocycles. The van der Waals surface area contributed by atoms with E-state index in [1.165, 1.54) is 17.7 Å². The van der Waals surface area contributed by atoms with Crippen LogP contribution >= 0.6 is 0 Å². The Kier molecular flexibility index (Phi) is 5.44. The Bertz CT molecular complexity index is 1240.